The zero-order valence-electron chi connectivity index (χ0n) is 11.2. The highest BCUT2D eigenvalue weighted by molar-refractivity contribution is 6.02. The number of amides is 1. The molecule has 0 bridgehead atoms. The van der Waals surface area contributed by atoms with Gasteiger partial charge >= 0.3 is 0 Å². The van der Waals surface area contributed by atoms with E-state index in [1.165, 1.54) is 0 Å². The van der Waals surface area contributed by atoms with E-state index in [4.69, 9.17) is 0 Å². The molecule has 0 aliphatic carbocycles. The third-order valence-corrected chi connectivity index (χ3v) is 2.63. The molecule has 0 radical (unpaired) electrons. The predicted octanol–water partition coefficient (Wildman–Crippen LogP) is 2.15. The van der Waals surface area contributed by atoms with Gasteiger partial charge in [0.05, 0.1) is 11.9 Å². The second kappa shape index (κ2) is 5.51. The highest BCUT2D eigenvalue weighted by Crippen LogP contribution is 2.12. The van der Waals surface area contributed by atoms with Crippen LogP contribution in [0.3, 0.4) is 0 Å². The minimum absolute atomic E-state index is 0.250. The van der Waals surface area contributed by atoms with Crippen molar-refractivity contribution in [1.29, 1.82) is 0 Å². The van der Waals surface area contributed by atoms with Gasteiger partial charge in [0.2, 0.25) is 0 Å². The molecule has 0 spiro atoms. The van der Waals surface area contributed by atoms with Crippen LogP contribution >= 0.6 is 0 Å². The second-order valence-electron chi connectivity index (χ2n) is 4.41. The van der Waals surface area contributed by atoms with Gasteiger partial charge in [-0.2, -0.15) is 5.10 Å². The highest BCUT2D eigenvalue weighted by atomic mass is 16.1. The number of carbonyl (C=O) groups is 1. The smallest absolute Gasteiger partial charge is 0.274 e. The van der Waals surface area contributed by atoms with Crippen molar-refractivity contribution in [3.63, 3.8) is 0 Å². The molecule has 19 heavy (non-hydrogen) atoms. The molecule has 0 fully saturated rings. The quantitative estimate of drug-likeness (QED) is 0.882. The Morgan fingerprint density at radius 1 is 1.37 bits per heavy atom. The van der Waals surface area contributed by atoms with Crippen LogP contribution in [0.1, 0.15) is 30.4 Å². The minimum Gasteiger partial charge on any atom is -0.373 e. The number of pyridine rings is 1. The van der Waals surface area contributed by atoms with Gasteiger partial charge in [-0.15, -0.1) is 0 Å². The average molecular weight is 259 g/mol. The topological polar surface area (TPSA) is 71.8 Å². The number of rotatable bonds is 4. The van der Waals surface area contributed by atoms with Gasteiger partial charge in [-0.1, -0.05) is 6.07 Å². The second-order valence-corrected chi connectivity index (χ2v) is 4.41. The molecule has 100 valence electrons. The summed E-state index contributed by atoms with van der Waals surface area (Å²) in [6.45, 7) is 4.05. The Morgan fingerprint density at radius 2 is 2.16 bits per heavy atom. The molecule has 6 nitrogen and oxygen atoms in total. The Balaban J connectivity index is 2.11. The van der Waals surface area contributed by atoms with Crippen molar-refractivity contribution in [3.05, 3.63) is 36.3 Å². The van der Waals surface area contributed by atoms with Crippen molar-refractivity contribution in [2.24, 2.45) is 0 Å². The molecule has 0 unspecified atom stereocenters. The lowest BCUT2D eigenvalue weighted by atomic mass is 10.3. The average Bonchev–Trinajstić information content (AvgIpc) is 2.87. The maximum Gasteiger partial charge on any atom is 0.274 e. The summed E-state index contributed by atoms with van der Waals surface area (Å²) < 4.78 is 1.78. The zero-order valence-corrected chi connectivity index (χ0v) is 11.2. The first-order valence-electron chi connectivity index (χ1n) is 6.10. The lowest BCUT2D eigenvalue weighted by Gasteiger charge is -2.05. The van der Waals surface area contributed by atoms with Crippen LogP contribution in [0, 0.1) is 0 Å². The molecule has 2 heterocycles. The van der Waals surface area contributed by atoms with Crippen molar-refractivity contribution in [2.45, 2.75) is 19.9 Å². The maximum atomic E-state index is 12.0. The van der Waals surface area contributed by atoms with Gasteiger partial charge in [-0.05, 0) is 26.0 Å². The molecule has 0 saturated carbocycles. The molecule has 0 aliphatic heterocycles. The maximum absolute atomic E-state index is 12.0. The molecular weight excluding hydrogens is 242 g/mol. The highest BCUT2D eigenvalue weighted by Gasteiger charge is 2.10. The zero-order chi connectivity index (χ0) is 13.8. The normalized spacial score (nSPS) is 10.5. The van der Waals surface area contributed by atoms with Crippen LogP contribution in [0.5, 0.6) is 0 Å². The van der Waals surface area contributed by atoms with E-state index >= 15 is 0 Å². The summed E-state index contributed by atoms with van der Waals surface area (Å²) in [7, 11) is 1.76. The molecule has 1 amide bonds. The predicted molar refractivity (Wildman–Crippen MR) is 74.3 cm³/mol. The fourth-order valence-corrected chi connectivity index (χ4v) is 1.58. The van der Waals surface area contributed by atoms with Crippen LogP contribution in [-0.2, 0) is 0 Å². The van der Waals surface area contributed by atoms with Crippen LogP contribution in [0.15, 0.2) is 30.6 Å². The van der Waals surface area contributed by atoms with E-state index in [0.717, 1.165) is 0 Å². The van der Waals surface area contributed by atoms with E-state index in [1.54, 1.807) is 42.3 Å². The van der Waals surface area contributed by atoms with Crippen LogP contribution in [0.2, 0.25) is 0 Å². The summed E-state index contributed by atoms with van der Waals surface area (Å²) in [6.07, 6.45) is 3.42. The summed E-state index contributed by atoms with van der Waals surface area (Å²) in [6, 6.07) is 5.51. The van der Waals surface area contributed by atoms with Gasteiger partial charge in [0, 0.05) is 19.3 Å². The number of carbonyl (C=O) groups excluding carboxylic acids is 1. The lowest BCUT2D eigenvalue weighted by molar-refractivity contribution is 0.102. The number of hydrogen-bond donors (Lipinski definition) is 2. The third kappa shape index (κ3) is 3.09. The third-order valence-electron chi connectivity index (χ3n) is 2.63. The minimum atomic E-state index is -0.250. The summed E-state index contributed by atoms with van der Waals surface area (Å²) in [5, 5.41) is 9.84. The SMILES string of the molecule is CNc1cccc(C(=O)Nc2cnn(C(C)C)c2)n1. The number of nitrogens with zero attached hydrogens (tertiary/aromatic N) is 3. The lowest BCUT2D eigenvalue weighted by Crippen LogP contribution is -2.13. The van der Waals surface area contributed by atoms with E-state index in [2.05, 4.69) is 20.7 Å². The van der Waals surface area contributed by atoms with E-state index in [9.17, 15) is 4.79 Å². The fraction of sp³-hybridized carbons (Fsp3) is 0.308. The Hall–Kier alpha value is -2.37. The summed E-state index contributed by atoms with van der Waals surface area (Å²) >= 11 is 0. The van der Waals surface area contributed by atoms with Gasteiger partial charge in [0.25, 0.3) is 5.91 Å². The van der Waals surface area contributed by atoms with Crippen LogP contribution < -0.4 is 10.6 Å². The van der Waals surface area contributed by atoms with E-state index in [-0.39, 0.29) is 11.9 Å². The Kier molecular flexibility index (Phi) is 3.79. The van der Waals surface area contributed by atoms with Crippen molar-refractivity contribution in [1.82, 2.24) is 14.8 Å². The number of hydrogen-bond acceptors (Lipinski definition) is 4. The first-order valence-corrected chi connectivity index (χ1v) is 6.10. The van der Waals surface area contributed by atoms with Crippen molar-refractivity contribution in [2.75, 3.05) is 17.7 Å². The van der Waals surface area contributed by atoms with Gasteiger partial charge in [-0.3, -0.25) is 9.48 Å². The number of nitrogens with one attached hydrogen (secondary N) is 2. The molecule has 2 N–H and O–H groups in total. The standard InChI is InChI=1S/C13H17N5O/c1-9(2)18-8-10(7-15-18)16-13(19)11-5-4-6-12(14-3)17-11/h4-9H,1-3H3,(H,14,17)(H,16,19). The summed E-state index contributed by atoms with van der Waals surface area (Å²) in [5.74, 6) is 0.408. The largest absolute Gasteiger partial charge is 0.373 e. The van der Waals surface area contributed by atoms with Gasteiger partial charge in [-0.25, -0.2) is 4.98 Å². The van der Waals surface area contributed by atoms with Gasteiger partial charge < -0.3 is 10.6 Å². The molecular formula is C13H17N5O. The van der Waals surface area contributed by atoms with Crippen LogP contribution in [0.25, 0.3) is 0 Å². The Labute approximate surface area is 111 Å². The molecule has 0 atom stereocenters. The summed E-state index contributed by atoms with van der Waals surface area (Å²) in [5.41, 5.74) is 1.03. The van der Waals surface area contributed by atoms with Crippen molar-refractivity contribution >= 4 is 17.4 Å². The van der Waals surface area contributed by atoms with Crippen LogP contribution in [0.4, 0.5) is 11.5 Å². The molecule has 0 saturated heterocycles. The van der Waals surface area contributed by atoms with Gasteiger partial charge in [0.1, 0.15) is 11.5 Å². The van der Waals surface area contributed by atoms with E-state index < -0.39 is 0 Å². The molecule has 2 aromatic heterocycles. The number of aromatic nitrogens is 3. The molecule has 6 heteroatoms. The summed E-state index contributed by atoms with van der Waals surface area (Å²) in [4.78, 5) is 16.2. The monoisotopic (exact) mass is 259 g/mol. The first kappa shape index (κ1) is 13.1. The van der Waals surface area contributed by atoms with Crippen molar-refractivity contribution < 1.29 is 4.79 Å². The Bertz CT molecular complexity index is 576. The number of anilines is 2. The molecule has 2 rings (SSSR count). The molecule has 0 aliphatic rings. The first-order chi connectivity index (χ1) is 9.10. The van der Waals surface area contributed by atoms with E-state index in [0.29, 0.717) is 17.2 Å². The van der Waals surface area contributed by atoms with Crippen molar-refractivity contribution in [3.8, 4) is 0 Å². The van der Waals surface area contributed by atoms with E-state index in [1.807, 2.05) is 13.8 Å². The van der Waals surface area contributed by atoms with Gasteiger partial charge in [0.15, 0.2) is 0 Å². The fourth-order valence-electron chi connectivity index (χ4n) is 1.58. The molecule has 2 aromatic rings. The Morgan fingerprint density at radius 3 is 2.79 bits per heavy atom. The molecule has 0 aromatic carbocycles. The van der Waals surface area contributed by atoms with Crippen LogP contribution in [-0.4, -0.2) is 27.7 Å².